The van der Waals surface area contributed by atoms with E-state index in [0.29, 0.717) is 12.5 Å². The zero-order valence-corrected chi connectivity index (χ0v) is 11.2. The van der Waals surface area contributed by atoms with Crippen LogP contribution in [0.2, 0.25) is 0 Å². The van der Waals surface area contributed by atoms with Gasteiger partial charge in [0.25, 0.3) is 0 Å². The summed E-state index contributed by atoms with van der Waals surface area (Å²) in [6.45, 7) is 6.09. The van der Waals surface area contributed by atoms with Crippen molar-refractivity contribution in [1.82, 2.24) is 9.55 Å². The molecular formula is C15H21N3. The summed E-state index contributed by atoms with van der Waals surface area (Å²) in [7, 11) is 0. The van der Waals surface area contributed by atoms with Crippen LogP contribution in [0.15, 0.2) is 18.2 Å². The maximum absolute atomic E-state index is 5.70. The summed E-state index contributed by atoms with van der Waals surface area (Å²) in [5.41, 5.74) is 9.21. The lowest BCUT2D eigenvalue weighted by Gasteiger charge is -2.12. The van der Waals surface area contributed by atoms with Gasteiger partial charge in [-0.05, 0) is 43.4 Å². The van der Waals surface area contributed by atoms with Crippen molar-refractivity contribution >= 4 is 11.0 Å². The third-order valence-electron chi connectivity index (χ3n) is 4.13. The fourth-order valence-electron chi connectivity index (χ4n) is 2.81. The average molecular weight is 243 g/mol. The highest BCUT2D eigenvalue weighted by molar-refractivity contribution is 5.77. The van der Waals surface area contributed by atoms with Gasteiger partial charge >= 0.3 is 0 Å². The van der Waals surface area contributed by atoms with E-state index in [2.05, 4.69) is 36.6 Å². The Balaban J connectivity index is 2.12. The van der Waals surface area contributed by atoms with Crippen LogP contribution in [0.5, 0.6) is 0 Å². The topological polar surface area (TPSA) is 43.8 Å². The SMILES string of the molecule is CCn1c(C(C)C2CC2)nc2cc(CN)ccc21. The van der Waals surface area contributed by atoms with Gasteiger partial charge in [0.2, 0.25) is 0 Å². The molecule has 0 bridgehead atoms. The number of fused-ring (bicyclic) bond motifs is 1. The molecule has 1 fully saturated rings. The van der Waals surface area contributed by atoms with Gasteiger partial charge in [-0.25, -0.2) is 4.98 Å². The Morgan fingerprint density at radius 1 is 1.44 bits per heavy atom. The first kappa shape index (κ1) is 11.7. The number of rotatable bonds is 4. The Labute approximate surface area is 108 Å². The first-order valence-corrected chi connectivity index (χ1v) is 6.93. The van der Waals surface area contributed by atoms with Crippen LogP contribution in [0.4, 0.5) is 0 Å². The Bertz CT molecular complexity index is 566. The van der Waals surface area contributed by atoms with Crippen LogP contribution in [0.1, 0.15) is 44.0 Å². The molecule has 1 saturated carbocycles. The van der Waals surface area contributed by atoms with Crippen LogP contribution in [0.3, 0.4) is 0 Å². The number of hydrogen-bond donors (Lipinski definition) is 1. The number of aryl methyl sites for hydroxylation is 1. The number of hydrogen-bond acceptors (Lipinski definition) is 2. The molecule has 0 spiro atoms. The third-order valence-corrected chi connectivity index (χ3v) is 4.13. The van der Waals surface area contributed by atoms with Gasteiger partial charge in [0.05, 0.1) is 11.0 Å². The molecule has 18 heavy (non-hydrogen) atoms. The Hall–Kier alpha value is -1.35. The molecule has 0 aliphatic heterocycles. The summed E-state index contributed by atoms with van der Waals surface area (Å²) in [5, 5.41) is 0. The van der Waals surface area contributed by atoms with Crippen molar-refractivity contribution in [3.05, 3.63) is 29.6 Å². The van der Waals surface area contributed by atoms with Crippen LogP contribution < -0.4 is 5.73 Å². The van der Waals surface area contributed by atoms with Crippen LogP contribution in [0.25, 0.3) is 11.0 Å². The highest BCUT2D eigenvalue weighted by Crippen LogP contribution is 2.42. The lowest BCUT2D eigenvalue weighted by Crippen LogP contribution is -2.07. The standard InChI is InChI=1S/C15H21N3/c1-3-18-14-7-4-11(9-16)8-13(14)17-15(18)10(2)12-5-6-12/h4,7-8,10,12H,3,5-6,9,16H2,1-2H3. The van der Waals surface area contributed by atoms with E-state index in [1.165, 1.54) is 24.2 Å². The number of imidazole rings is 1. The summed E-state index contributed by atoms with van der Waals surface area (Å²) >= 11 is 0. The molecule has 1 aromatic heterocycles. The van der Waals surface area contributed by atoms with Crippen LogP contribution >= 0.6 is 0 Å². The smallest absolute Gasteiger partial charge is 0.112 e. The molecule has 0 saturated heterocycles. The second-order valence-corrected chi connectivity index (χ2v) is 5.37. The molecule has 1 aliphatic rings. The van der Waals surface area contributed by atoms with Gasteiger partial charge < -0.3 is 10.3 Å². The molecule has 1 aromatic carbocycles. The van der Waals surface area contributed by atoms with E-state index in [4.69, 9.17) is 10.7 Å². The van der Waals surface area contributed by atoms with E-state index >= 15 is 0 Å². The fourth-order valence-corrected chi connectivity index (χ4v) is 2.81. The number of nitrogens with zero attached hydrogens (tertiary/aromatic N) is 2. The van der Waals surface area contributed by atoms with E-state index in [1.807, 2.05) is 0 Å². The molecule has 1 atom stereocenters. The summed E-state index contributed by atoms with van der Waals surface area (Å²) in [6, 6.07) is 6.41. The number of nitrogens with two attached hydrogens (primary N) is 1. The van der Waals surface area contributed by atoms with Gasteiger partial charge in [0.1, 0.15) is 5.82 Å². The van der Waals surface area contributed by atoms with Crippen LogP contribution in [0, 0.1) is 5.92 Å². The molecule has 3 heteroatoms. The highest BCUT2D eigenvalue weighted by atomic mass is 15.1. The van der Waals surface area contributed by atoms with Crippen molar-refractivity contribution in [2.45, 2.75) is 45.7 Å². The third kappa shape index (κ3) is 1.83. The van der Waals surface area contributed by atoms with Gasteiger partial charge in [-0.3, -0.25) is 0 Å². The molecule has 1 heterocycles. The molecule has 2 aromatic rings. The van der Waals surface area contributed by atoms with Crippen molar-refractivity contribution in [1.29, 1.82) is 0 Å². The quantitative estimate of drug-likeness (QED) is 0.897. The van der Waals surface area contributed by atoms with Crippen LogP contribution in [-0.4, -0.2) is 9.55 Å². The van der Waals surface area contributed by atoms with Crippen LogP contribution in [-0.2, 0) is 13.1 Å². The van der Waals surface area contributed by atoms with E-state index in [1.54, 1.807) is 0 Å². The minimum atomic E-state index is 0.582. The summed E-state index contributed by atoms with van der Waals surface area (Å²) in [4.78, 5) is 4.86. The molecule has 3 nitrogen and oxygen atoms in total. The van der Waals surface area contributed by atoms with Crippen molar-refractivity contribution in [3.8, 4) is 0 Å². The maximum Gasteiger partial charge on any atom is 0.112 e. The first-order chi connectivity index (χ1) is 8.74. The molecule has 3 rings (SSSR count). The molecule has 2 N–H and O–H groups in total. The minimum Gasteiger partial charge on any atom is -0.328 e. The molecule has 1 unspecified atom stereocenters. The second kappa shape index (κ2) is 4.39. The summed E-state index contributed by atoms with van der Waals surface area (Å²) < 4.78 is 2.36. The van der Waals surface area contributed by atoms with E-state index < -0.39 is 0 Å². The Kier molecular flexibility index (Phi) is 2.86. The highest BCUT2D eigenvalue weighted by Gasteiger charge is 2.32. The van der Waals surface area contributed by atoms with Gasteiger partial charge in [-0.15, -0.1) is 0 Å². The predicted octanol–water partition coefficient (Wildman–Crippen LogP) is 3.03. The zero-order chi connectivity index (χ0) is 12.7. The monoisotopic (exact) mass is 243 g/mol. The van der Waals surface area contributed by atoms with Gasteiger partial charge in [-0.2, -0.15) is 0 Å². The second-order valence-electron chi connectivity index (χ2n) is 5.37. The van der Waals surface area contributed by atoms with E-state index in [9.17, 15) is 0 Å². The number of aromatic nitrogens is 2. The van der Waals surface area contributed by atoms with Crippen molar-refractivity contribution in [2.75, 3.05) is 0 Å². The lowest BCUT2D eigenvalue weighted by atomic mass is 10.1. The van der Waals surface area contributed by atoms with Gasteiger partial charge in [-0.1, -0.05) is 13.0 Å². The average Bonchev–Trinajstić information content (AvgIpc) is 3.17. The minimum absolute atomic E-state index is 0.582. The number of benzene rings is 1. The summed E-state index contributed by atoms with van der Waals surface area (Å²) in [6.07, 6.45) is 2.73. The van der Waals surface area contributed by atoms with E-state index in [-0.39, 0.29) is 0 Å². The fraction of sp³-hybridized carbons (Fsp3) is 0.533. The Morgan fingerprint density at radius 2 is 2.22 bits per heavy atom. The molecule has 0 amide bonds. The first-order valence-electron chi connectivity index (χ1n) is 6.93. The van der Waals surface area contributed by atoms with Crippen molar-refractivity contribution in [2.24, 2.45) is 11.7 Å². The molecular weight excluding hydrogens is 222 g/mol. The van der Waals surface area contributed by atoms with Gasteiger partial charge in [0.15, 0.2) is 0 Å². The zero-order valence-electron chi connectivity index (χ0n) is 11.2. The van der Waals surface area contributed by atoms with Crippen molar-refractivity contribution < 1.29 is 0 Å². The normalized spacial score (nSPS) is 17.3. The summed E-state index contributed by atoms with van der Waals surface area (Å²) in [5.74, 6) is 2.68. The maximum atomic E-state index is 5.70. The molecule has 1 aliphatic carbocycles. The molecule has 0 radical (unpaired) electrons. The van der Waals surface area contributed by atoms with Crippen molar-refractivity contribution in [3.63, 3.8) is 0 Å². The Morgan fingerprint density at radius 3 is 2.83 bits per heavy atom. The van der Waals surface area contributed by atoms with E-state index in [0.717, 1.165) is 23.5 Å². The largest absolute Gasteiger partial charge is 0.328 e. The molecule has 96 valence electrons. The van der Waals surface area contributed by atoms with Gasteiger partial charge in [0, 0.05) is 19.0 Å². The predicted molar refractivity (Wildman–Crippen MR) is 74.4 cm³/mol. The lowest BCUT2D eigenvalue weighted by molar-refractivity contribution is 0.578.